The van der Waals surface area contributed by atoms with Crippen LogP contribution in [-0.2, 0) is 14.3 Å². The Balaban J connectivity index is 2.75. The zero-order valence-electron chi connectivity index (χ0n) is 11.4. The van der Waals surface area contributed by atoms with Crippen molar-refractivity contribution in [1.29, 1.82) is 0 Å². The molecule has 3 atom stereocenters. The summed E-state index contributed by atoms with van der Waals surface area (Å²) >= 11 is 6.57. The van der Waals surface area contributed by atoms with E-state index in [1.807, 2.05) is 34.6 Å². The van der Waals surface area contributed by atoms with E-state index in [1.54, 1.807) is 0 Å². The number of alkyl halides is 2. The molecule has 0 aromatic carbocycles. The molecule has 0 saturated heterocycles. The number of rotatable bonds is 4. The highest BCUT2D eigenvalue weighted by molar-refractivity contribution is 9.10. The van der Waals surface area contributed by atoms with Gasteiger partial charge in [-0.1, -0.05) is 45.7 Å². The first kappa shape index (κ1) is 16.2. The van der Waals surface area contributed by atoms with Gasteiger partial charge in [0.1, 0.15) is 5.60 Å². The minimum atomic E-state index is -0.485. The summed E-state index contributed by atoms with van der Waals surface area (Å²) in [6, 6.07) is 0. The molecular formula is C13H20Br2O3. The minimum Gasteiger partial charge on any atom is -0.460 e. The normalized spacial score (nSPS) is 27.5. The highest BCUT2D eigenvalue weighted by Crippen LogP contribution is 2.62. The lowest BCUT2D eigenvalue weighted by Gasteiger charge is -2.20. The number of carbonyl (C=O) groups is 2. The molecule has 0 aromatic rings. The average Bonchev–Trinajstić information content (AvgIpc) is 2.76. The van der Waals surface area contributed by atoms with E-state index in [4.69, 9.17) is 4.74 Å². The largest absolute Gasteiger partial charge is 0.460 e. The van der Waals surface area contributed by atoms with Crippen LogP contribution in [0.15, 0.2) is 0 Å². The summed E-state index contributed by atoms with van der Waals surface area (Å²) in [5.74, 6) is -0.329. The van der Waals surface area contributed by atoms with Gasteiger partial charge in [-0.25, -0.2) is 0 Å². The third-order valence-corrected chi connectivity index (χ3v) is 4.96. The van der Waals surface area contributed by atoms with Crippen molar-refractivity contribution in [2.45, 2.75) is 45.0 Å². The van der Waals surface area contributed by atoms with Crippen LogP contribution in [0.2, 0.25) is 0 Å². The predicted octanol–water partition coefficient (Wildman–Crippen LogP) is 3.33. The van der Waals surface area contributed by atoms with Crippen LogP contribution in [0.4, 0.5) is 0 Å². The number of carbonyl (C=O) groups excluding carboxylic acids is 2. The topological polar surface area (TPSA) is 43.4 Å². The fraction of sp³-hybridized carbons (Fsp3) is 0.846. The lowest BCUT2D eigenvalue weighted by atomic mass is 10.1. The Kier molecular flexibility index (Phi) is 4.70. The van der Waals surface area contributed by atoms with Crippen LogP contribution in [0.1, 0.15) is 34.6 Å². The standard InChI is InChI=1S/C13H20Br2O3/c1-12(2,3)18-11(17)9-8(13(9,4)5)10(15)7(16)6-14/h8-10H,6H2,1-5H3. The van der Waals surface area contributed by atoms with Crippen molar-refractivity contribution < 1.29 is 14.3 Å². The molecule has 3 unspecified atom stereocenters. The molecule has 0 radical (unpaired) electrons. The Morgan fingerprint density at radius 3 is 2.22 bits per heavy atom. The van der Waals surface area contributed by atoms with Gasteiger partial charge in [-0.15, -0.1) is 0 Å². The second-order valence-corrected chi connectivity index (χ2v) is 7.91. The maximum atomic E-state index is 12.1. The van der Waals surface area contributed by atoms with E-state index >= 15 is 0 Å². The highest BCUT2D eigenvalue weighted by atomic mass is 79.9. The molecule has 1 rings (SSSR count). The van der Waals surface area contributed by atoms with Gasteiger partial charge in [0, 0.05) is 0 Å². The van der Waals surface area contributed by atoms with Gasteiger partial charge in [0.15, 0.2) is 5.78 Å². The lowest BCUT2D eigenvalue weighted by molar-refractivity contribution is -0.157. The van der Waals surface area contributed by atoms with E-state index in [-0.39, 0.29) is 33.8 Å². The van der Waals surface area contributed by atoms with Crippen molar-refractivity contribution in [3.63, 3.8) is 0 Å². The zero-order valence-corrected chi connectivity index (χ0v) is 14.6. The SMILES string of the molecule is CC(C)(C)OC(=O)C1C(C(Br)C(=O)CBr)C1(C)C. The van der Waals surface area contributed by atoms with Gasteiger partial charge < -0.3 is 4.74 Å². The van der Waals surface area contributed by atoms with E-state index in [0.29, 0.717) is 5.33 Å². The summed E-state index contributed by atoms with van der Waals surface area (Å²) in [7, 11) is 0. The molecule has 3 nitrogen and oxygen atoms in total. The Labute approximate surface area is 125 Å². The van der Waals surface area contributed by atoms with Crippen molar-refractivity contribution in [1.82, 2.24) is 0 Å². The van der Waals surface area contributed by atoms with Crippen LogP contribution in [0.3, 0.4) is 0 Å². The summed E-state index contributed by atoms with van der Waals surface area (Å²) in [5, 5.41) is 0.302. The second-order valence-electron chi connectivity index (χ2n) is 6.36. The Bertz CT molecular complexity index is 358. The van der Waals surface area contributed by atoms with Crippen molar-refractivity contribution in [2.24, 2.45) is 17.3 Å². The third-order valence-electron chi connectivity index (χ3n) is 3.33. The molecule has 0 aromatic heterocycles. The zero-order chi connectivity index (χ0) is 14.3. The number of ketones is 1. The molecule has 0 amide bonds. The molecule has 0 bridgehead atoms. The fourth-order valence-corrected chi connectivity index (χ4v) is 4.24. The summed E-state index contributed by atoms with van der Waals surface area (Å²) in [5.41, 5.74) is -0.671. The van der Waals surface area contributed by atoms with Crippen LogP contribution in [0.25, 0.3) is 0 Å². The van der Waals surface area contributed by atoms with E-state index in [2.05, 4.69) is 31.9 Å². The van der Waals surface area contributed by atoms with Gasteiger partial charge in [0.05, 0.1) is 16.1 Å². The smallest absolute Gasteiger partial charge is 0.310 e. The average molecular weight is 384 g/mol. The van der Waals surface area contributed by atoms with E-state index in [9.17, 15) is 9.59 Å². The molecule has 0 aliphatic heterocycles. The van der Waals surface area contributed by atoms with Crippen LogP contribution < -0.4 is 0 Å². The first-order valence-electron chi connectivity index (χ1n) is 5.98. The van der Waals surface area contributed by atoms with Gasteiger partial charge in [-0.3, -0.25) is 9.59 Å². The summed E-state index contributed by atoms with van der Waals surface area (Å²) in [6.45, 7) is 9.56. The molecule has 1 aliphatic carbocycles. The maximum absolute atomic E-state index is 12.1. The van der Waals surface area contributed by atoms with Gasteiger partial charge >= 0.3 is 5.97 Å². The molecule has 5 heteroatoms. The number of esters is 1. The molecule has 1 saturated carbocycles. The fourth-order valence-electron chi connectivity index (χ4n) is 2.31. The summed E-state index contributed by atoms with van der Waals surface area (Å²) in [4.78, 5) is 23.5. The van der Waals surface area contributed by atoms with E-state index in [0.717, 1.165) is 0 Å². The van der Waals surface area contributed by atoms with Gasteiger partial charge in [-0.2, -0.15) is 0 Å². The molecular weight excluding hydrogens is 364 g/mol. The summed E-state index contributed by atoms with van der Waals surface area (Å²) < 4.78 is 5.41. The van der Waals surface area contributed by atoms with Crippen LogP contribution in [0.5, 0.6) is 0 Å². The lowest BCUT2D eigenvalue weighted by Crippen LogP contribution is -2.27. The monoisotopic (exact) mass is 382 g/mol. The first-order chi connectivity index (χ1) is 8.02. The molecule has 18 heavy (non-hydrogen) atoms. The number of hydrogen-bond acceptors (Lipinski definition) is 3. The van der Waals surface area contributed by atoms with Crippen LogP contribution >= 0.6 is 31.9 Å². The molecule has 104 valence electrons. The molecule has 0 N–H and O–H groups in total. The number of Topliss-reactive ketones (excluding diaryl/α,β-unsaturated/α-hetero) is 1. The molecule has 1 aliphatic rings. The minimum absolute atomic E-state index is 0.0115. The Morgan fingerprint density at radius 1 is 1.33 bits per heavy atom. The van der Waals surface area contributed by atoms with E-state index in [1.165, 1.54) is 0 Å². The predicted molar refractivity (Wildman–Crippen MR) is 78.1 cm³/mol. The molecule has 1 fully saturated rings. The number of hydrogen-bond donors (Lipinski definition) is 0. The van der Waals surface area contributed by atoms with Crippen molar-refractivity contribution >= 4 is 43.6 Å². The van der Waals surface area contributed by atoms with Gasteiger partial charge in [0.2, 0.25) is 0 Å². The number of ether oxygens (including phenoxy) is 1. The third kappa shape index (κ3) is 3.35. The van der Waals surface area contributed by atoms with E-state index < -0.39 is 5.60 Å². The van der Waals surface area contributed by atoms with Crippen LogP contribution in [-0.4, -0.2) is 27.5 Å². The number of halogens is 2. The van der Waals surface area contributed by atoms with Gasteiger partial charge in [0.25, 0.3) is 0 Å². The molecule has 0 spiro atoms. The van der Waals surface area contributed by atoms with Crippen molar-refractivity contribution in [3.05, 3.63) is 0 Å². The maximum Gasteiger partial charge on any atom is 0.310 e. The van der Waals surface area contributed by atoms with Crippen molar-refractivity contribution in [2.75, 3.05) is 5.33 Å². The summed E-state index contributed by atoms with van der Waals surface area (Å²) in [6.07, 6.45) is 0. The quantitative estimate of drug-likeness (QED) is 0.552. The Hall–Kier alpha value is 0.1000. The second kappa shape index (κ2) is 5.23. The van der Waals surface area contributed by atoms with Gasteiger partial charge in [-0.05, 0) is 32.1 Å². The van der Waals surface area contributed by atoms with Crippen LogP contribution in [0, 0.1) is 17.3 Å². The molecule has 0 heterocycles. The first-order valence-corrected chi connectivity index (χ1v) is 8.01. The van der Waals surface area contributed by atoms with Crippen molar-refractivity contribution in [3.8, 4) is 0 Å². The highest BCUT2D eigenvalue weighted by Gasteiger charge is 2.66. The Morgan fingerprint density at radius 2 is 1.83 bits per heavy atom.